The Balaban J connectivity index is 1.11. The van der Waals surface area contributed by atoms with Gasteiger partial charge in [0.2, 0.25) is 0 Å². The number of nitrogens with zero attached hydrogens (tertiary/aromatic N) is 2. The minimum absolute atomic E-state index is 1.12. The number of hydrogen-bond acceptors (Lipinski definition) is 1. The summed E-state index contributed by atoms with van der Waals surface area (Å²) in [6.07, 6.45) is 0. The highest BCUT2D eigenvalue weighted by molar-refractivity contribution is 6.32. The van der Waals surface area contributed by atoms with Crippen molar-refractivity contribution in [3.05, 3.63) is 206 Å². The van der Waals surface area contributed by atoms with Crippen LogP contribution in [0.3, 0.4) is 0 Å². The Hall–Kier alpha value is -7.16. The number of anilines is 3. The molecule has 0 unspecified atom stereocenters. The monoisotopic (exact) mass is 686 g/mol. The fraction of sp³-hybridized carbons (Fsp3) is 0. The van der Waals surface area contributed by atoms with Crippen molar-refractivity contribution >= 4 is 82.0 Å². The van der Waals surface area contributed by atoms with Crippen LogP contribution in [-0.2, 0) is 0 Å². The van der Waals surface area contributed by atoms with Crippen molar-refractivity contribution in [1.82, 2.24) is 4.57 Å². The molecule has 0 N–H and O–H groups in total. The molecule has 252 valence electrons. The van der Waals surface area contributed by atoms with Crippen LogP contribution >= 0.6 is 0 Å². The average Bonchev–Trinajstić information content (AvgIpc) is 3.59. The molecule has 0 saturated heterocycles. The van der Waals surface area contributed by atoms with Crippen LogP contribution < -0.4 is 4.90 Å². The van der Waals surface area contributed by atoms with Crippen LogP contribution in [0.15, 0.2) is 206 Å². The Morgan fingerprint density at radius 3 is 1.59 bits per heavy atom. The second-order valence-corrected chi connectivity index (χ2v) is 14.2. The minimum Gasteiger partial charge on any atom is -0.310 e. The van der Waals surface area contributed by atoms with E-state index in [-0.39, 0.29) is 0 Å². The minimum atomic E-state index is 1.12. The Morgan fingerprint density at radius 1 is 0.315 bits per heavy atom. The lowest BCUT2D eigenvalue weighted by Crippen LogP contribution is -2.09. The molecule has 0 atom stereocenters. The lowest BCUT2D eigenvalue weighted by molar-refractivity contribution is 1.19. The molecule has 0 spiro atoms. The van der Waals surface area contributed by atoms with Gasteiger partial charge in [-0.3, -0.25) is 0 Å². The lowest BCUT2D eigenvalue weighted by atomic mass is 9.95. The molecule has 0 bridgehead atoms. The molecule has 0 aliphatic rings. The maximum absolute atomic E-state index is 2.49. The highest BCUT2D eigenvalue weighted by Crippen LogP contribution is 2.44. The average molecular weight is 687 g/mol. The topological polar surface area (TPSA) is 8.17 Å². The third kappa shape index (κ3) is 4.81. The Morgan fingerprint density at radius 2 is 0.852 bits per heavy atom. The van der Waals surface area contributed by atoms with E-state index in [0.29, 0.717) is 0 Å². The molecule has 54 heavy (non-hydrogen) atoms. The smallest absolute Gasteiger partial charge is 0.0625 e. The number of fused-ring (bicyclic) bond motifs is 10. The van der Waals surface area contributed by atoms with Crippen molar-refractivity contribution in [2.75, 3.05) is 4.90 Å². The van der Waals surface area contributed by atoms with Crippen LogP contribution in [0.2, 0.25) is 0 Å². The lowest BCUT2D eigenvalue weighted by Gasteiger charge is -2.26. The molecule has 1 aromatic heterocycles. The summed E-state index contributed by atoms with van der Waals surface area (Å²) in [5, 5.41) is 12.6. The van der Waals surface area contributed by atoms with E-state index in [9.17, 15) is 0 Å². The zero-order valence-corrected chi connectivity index (χ0v) is 29.5. The highest BCUT2D eigenvalue weighted by Gasteiger charge is 2.20. The summed E-state index contributed by atoms with van der Waals surface area (Å²) < 4.78 is 2.49. The first kappa shape index (κ1) is 30.5. The van der Waals surface area contributed by atoms with Gasteiger partial charge in [0.05, 0.1) is 11.0 Å². The van der Waals surface area contributed by atoms with E-state index in [1.54, 1.807) is 0 Å². The van der Waals surface area contributed by atoms with E-state index in [4.69, 9.17) is 0 Å². The predicted molar refractivity (Wildman–Crippen MR) is 231 cm³/mol. The van der Waals surface area contributed by atoms with Crippen LogP contribution in [0, 0.1) is 0 Å². The van der Waals surface area contributed by atoms with Gasteiger partial charge in [0.25, 0.3) is 0 Å². The Labute approximate surface area is 313 Å². The molecule has 11 rings (SSSR count). The van der Waals surface area contributed by atoms with Gasteiger partial charge in [-0.25, -0.2) is 0 Å². The predicted octanol–water partition coefficient (Wildman–Crippen LogP) is 14.5. The number of rotatable bonds is 5. The van der Waals surface area contributed by atoms with Crippen LogP contribution in [0.25, 0.3) is 81.7 Å². The number of aromatic nitrogens is 1. The van der Waals surface area contributed by atoms with Gasteiger partial charge in [0.15, 0.2) is 0 Å². The molecule has 10 aromatic carbocycles. The van der Waals surface area contributed by atoms with Gasteiger partial charge < -0.3 is 9.47 Å². The summed E-state index contributed by atoms with van der Waals surface area (Å²) in [5.41, 5.74) is 9.37. The van der Waals surface area contributed by atoms with Gasteiger partial charge in [-0.2, -0.15) is 0 Å². The second kappa shape index (κ2) is 12.2. The summed E-state index contributed by atoms with van der Waals surface area (Å²) in [6.45, 7) is 0. The molecule has 1 heterocycles. The fourth-order valence-electron chi connectivity index (χ4n) is 8.59. The number of para-hydroxylation sites is 1. The largest absolute Gasteiger partial charge is 0.310 e. The Bertz CT molecular complexity index is 3210. The number of benzene rings is 10. The van der Waals surface area contributed by atoms with Gasteiger partial charge in [-0.05, 0) is 109 Å². The summed E-state index contributed by atoms with van der Waals surface area (Å²) in [6, 6.07) is 75.2. The molecule has 2 heteroatoms. The van der Waals surface area contributed by atoms with Gasteiger partial charge in [0.1, 0.15) is 0 Å². The maximum Gasteiger partial charge on any atom is 0.0625 e. The molecule has 0 saturated carbocycles. The van der Waals surface area contributed by atoms with Crippen LogP contribution in [0.4, 0.5) is 17.1 Å². The third-order valence-electron chi connectivity index (χ3n) is 11.1. The quantitative estimate of drug-likeness (QED) is 0.164. The molecule has 0 amide bonds. The van der Waals surface area contributed by atoms with Crippen molar-refractivity contribution in [3.63, 3.8) is 0 Å². The first-order chi connectivity index (χ1) is 26.8. The van der Waals surface area contributed by atoms with Crippen molar-refractivity contribution < 1.29 is 0 Å². The van der Waals surface area contributed by atoms with Crippen molar-refractivity contribution in [2.45, 2.75) is 0 Å². The van der Waals surface area contributed by atoms with Gasteiger partial charge in [0, 0.05) is 38.9 Å². The van der Waals surface area contributed by atoms with Gasteiger partial charge >= 0.3 is 0 Å². The van der Waals surface area contributed by atoms with E-state index < -0.39 is 0 Å². The SMILES string of the molecule is c1ccc(N(c2ccc(-c3ccc4c(c3)c3c5ccccc5c5ccccc5c3n4-c3ccc4ccccc4c3)cc2)c2ccc3ccccc3c2)cc1. The van der Waals surface area contributed by atoms with Crippen LogP contribution in [0.1, 0.15) is 0 Å². The molecule has 2 nitrogen and oxygen atoms in total. The summed E-state index contributed by atoms with van der Waals surface area (Å²) in [7, 11) is 0. The van der Waals surface area contributed by atoms with E-state index in [0.717, 1.165) is 17.1 Å². The molecule has 0 aliphatic carbocycles. The first-order valence-corrected chi connectivity index (χ1v) is 18.6. The highest BCUT2D eigenvalue weighted by atomic mass is 15.1. The van der Waals surface area contributed by atoms with E-state index >= 15 is 0 Å². The van der Waals surface area contributed by atoms with Crippen LogP contribution in [-0.4, -0.2) is 4.57 Å². The molecule has 0 radical (unpaired) electrons. The van der Waals surface area contributed by atoms with Crippen molar-refractivity contribution in [3.8, 4) is 16.8 Å². The van der Waals surface area contributed by atoms with E-state index in [1.807, 2.05) is 0 Å². The van der Waals surface area contributed by atoms with Crippen LogP contribution in [0.5, 0.6) is 0 Å². The first-order valence-electron chi connectivity index (χ1n) is 18.6. The summed E-state index contributed by atoms with van der Waals surface area (Å²) in [4.78, 5) is 2.34. The number of hydrogen-bond donors (Lipinski definition) is 0. The van der Waals surface area contributed by atoms with Crippen molar-refractivity contribution in [1.29, 1.82) is 0 Å². The van der Waals surface area contributed by atoms with E-state index in [2.05, 4.69) is 216 Å². The molecule has 0 aliphatic heterocycles. The zero-order chi connectivity index (χ0) is 35.6. The Kier molecular flexibility index (Phi) is 6.90. The fourth-order valence-corrected chi connectivity index (χ4v) is 8.59. The standard InChI is InChI=1S/C52H34N2/c1-2-16-41(17-3-1)53(43-29-24-35-12-4-6-14-38(35)32-43)42-27-22-37(23-28-42)40-26-31-50-49(34-40)51-47-20-10-8-18-45(47)46-19-9-11-21-48(46)52(51)54(50)44-30-25-36-13-5-7-15-39(36)33-44/h1-34H. The summed E-state index contributed by atoms with van der Waals surface area (Å²) in [5.74, 6) is 0. The molecular formula is C52H34N2. The third-order valence-corrected chi connectivity index (χ3v) is 11.1. The van der Waals surface area contributed by atoms with E-state index in [1.165, 1.54) is 81.7 Å². The molecule has 11 aromatic rings. The van der Waals surface area contributed by atoms with Gasteiger partial charge in [-0.1, -0.05) is 146 Å². The van der Waals surface area contributed by atoms with Gasteiger partial charge in [-0.15, -0.1) is 0 Å². The second-order valence-electron chi connectivity index (χ2n) is 14.2. The maximum atomic E-state index is 2.49. The summed E-state index contributed by atoms with van der Waals surface area (Å²) >= 11 is 0. The van der Waals surface area contributed by atoms with Crippen molar-refractivity contribution in [2.24, 2.45) is 0 Å². The zero-order valence-electron chi connectivity index (χ0n) is 29.5. The normalized spacial score (nSPS) is 11.7. The molecule has 0 fully saturated rings. The molecular weight excluding hydrogens is 653 g/mol.